The molecule has 2 aromatic rings. The van der Waals surface area contributed by atoms with Crippen LogP contribution in [0.4, 0.5) is 5.82 Å². The second kappa shape index (κ2) is 4.90. The van der Waals surface area contributed by atoms with Gasteiger partial charge in [0.05, 0.1) is 5.52 Å². The number of nitrogens with zero attached hydrogens (tertiary/aromatic N) is 3. The summed E-state index contributed by atoms with van der Waals surface area (Å²) in [5.74, 6) is 0.960. The lowest BCUT2D eigenvalue weighted by molar-refractivity contribution is 0.384. The molecule has 0 aliphatic carbocycles. The molecule has 4 heteroatoms. The Bertz CT molecular complexity index is 531. The van der Waals surface area contributed by atoms with Crippen molar-refractivity contribution >= 4 is 16.7 Å². The smallest absolute Gasteiger partial charge is 0.139 e. The first-order valence-electron chi connectivity index (χ1n) is 6.14. The van der Waals surface area contributed by atoms with Crippen molar-refractivity contribution in [2.75, 3.05) is 25.0 Å². The van der Waals surface area contributed by atoms with Crippen molar-refractivity contribution in [3.8, 4) is 0 Å². The molecule has 0 saturated heterocycles. The number of benzene rings is 1. The lowest BCUT2D eigenvalue weighted by Gasteiger charge is -2.30. The maximum atomic E-state index is 5.79. The van der Waals surface area contributed by atoms with Crippen molar-refractivity contribution in [3.05, 3.63) is 30.6 Å². The van der Waals surface area contributed by atoms with E-state index in [2.05, 4.69) is 34.8 Å². The van der Waals surface area contributed by atoms with Gasteiger partial charge in [0.25, 0.3) is 0 Å². The van der Waals surface area contributed by atoms with Crippen LogP contribution in [-0.4, -0.2) is 30.1 Å². The molecule has 0 amide bonds. The van der Waals surface area contributed by atoms with Crippen LogP contribution < -0.4 is 10.6 Å². The molecule has 4 nitrogen and oxygen atoms in total. The van der Waals surface area contributed by atoms with Gasteiger partial charge in [-0.25, -0.2) is 9.97 Å². The monoisotopic (exact) mass is 244 g/mol. The lowest BCUT2D eigenvalue weighted by atomic mass is 9.93. The highest BCUT2D eigenvalue weighted by atomic mass is 15.2. The van der Waals surface area contributed by atoms with Crippen molar-refractivity contribution in [1.29, 1.82) is 0 Å². The molecule has 0 aliphatic rings. The van der Waals surface area contributed by atoms with Crippen LogP contribution in [0.3, 0.4) is 0 Å². The first-order valence-corrected chi connectivity index (χ1v) is 6.14. The largest absolute Gasteiger partial charge is 0.358 e. The van der Waals surface area contributed by atoms with Crippen molar-refractivity contribution in [1.82, 2.24) is 9.97 Å². The van der Waals surface area contributed by atoms with Gasteiger partial charge in [0.1, 0.15) is 12.1 Å². The van der Waals surface area contributed by atoms with Crippen LogP contribution in [0, 0.1) is 5.41 Å². The fraction of sp³-hybridized carbons (Fsp3) is 0.429. The van der Waals surface area contributed by atoms with Gasteiger partial charge in [0.2, 0.25) is 0 Å². The predicted octanol–water partition coefficient (Wildman–Crippen LogP) is 2.05. The molecule has 0 aliphatic heterocycles. The Morgan fingerprint density at radius 1 is 1.22 bits per heavy atom. The first-order chi connectivity index (χ1) is 8.53. The standard InChI is InChI=1S/C14H20N4/c1-14(2,8-15)9-18(3)13-11-6-4-5-7-12(11)16-10-17-13/h4-7,10H,8-9,15H2,1-3H3. The van der Waals surface area contributed by atoms with Crippen LogP contribution in [-0.2, 0) is 0 Å². The molecule has 0 unspecified atom stereocenters. The van der Waals surface area contributed by atoms with E-state index in [1.165, 1.54) is 0 Å². The average Bonchev–Trinajstić information content (AvgIpc) is 2.37. The maximum absolute atomic E-state index is 5.79. The van der Waals surface area contributed by atoms with Crippen LogP contribution in [0.15, 0.2) is 30.6 Å². The van der Waals surface area contributed by atoms with Crippen LogP contribution >= 0.6 is 0 Å². The minimum Gasteiger partial charge on any atom is -0.358 e. The fourth-order valence-corrected chi connectivity index (χ4v) is 2.08. The third kappa shape index (κ3) is 2.59. The fourth-order valence-electron chi connectivity index (χ4n) is 2.08. The van der Waals surface area contributed by atoms with E-state index in [1.807, 2.05) is 25.2 Å². The second-order valence-electron chi connectivity index (χ2n) is 5.44. The number of fused-ring (bicyclic) bond motifs is 1. The molecule has 1 aromatic carbocycles. The first kappa shape index (κ1) is 12.8. The number of hydrogen-bond acceptors (Lipinski definition) is 4. The second-order valence-corrected chi connectivity index (χ2v) is 5.44. The Hall–Kier alpha value is -1.68. The molecule has 2 rings (SSSR count). The van der Waals surface area contributed by atoms with E-state index in [0.29, 0.717) is 6.54 Å². The van der Waals surface area contributed by atoms with E-state index in [0.717, 1.165) is 23.3 Å². The summed E-state index contributed by atoms with van der Waals surface area (Å²) >= 11 is 0. The van der Waals surface area contributed by atoms with E-state index >= 15 is 0 Å². The summed E-state index contributed by atoms with van der Waals surface area (Å²) in [6, 6.07) is 8.05. The topological polar surface area (TPSA) is 55.0 Å². The minimum atomic E-state index is 0.0702. The molecule has 96 valence electrons. The normalized spacial score (nSPS) is 11.8. The minimum absolute atomic E-state index is 0.0702. The summed E-state index contributed by atoms with van der Waals surface area (Å²) in [7, 11) is 2.05. The number of nitrogens with two attached hydrogens (primary N) is 1. The SMILES string of the molecule is CN(CC(C)(C)CN)c1ncnc2ccccc12. The van der Waals surface area contributed by atoms with Crippen molar-refractivity contribution in [2.24, 2.45) is 11.1 Å². The lowest BCUT2D eigenvalue weighted by Crippen LogP contribution is -2.37. The number of para-hydroxylation sites is 1. The number of rotatable bonds is 4. The Morgan fingerprint density at radius 2 is 1.94 bits per heavy atom. The molecule has 0 atom stereocenters. The molecule has 2 N–H and O–H groups in total. The van der Waals surface area contributed by atoms with Gasteiger partial charge in [0, 0.05) is 19.0 Å². The Kier molecular flexibility index (Phi) is 3.48. The Labute approximate surface area is 108 Å². The Balaban J connectivity index is 2.36. The Morgan fingerprint density at radius 3 is 2.67 bits per heavy atom. The van der Waals surface area contributed by atoms with Gasteiger partial charge in [-0.3, -0.25) is 0 Å². The third-order valence-corrected chi connectivity index (χ3v) is 3.10. The van der Waals surface area contributed by atoms with Crippen LogP contribution in [0.5, 0.6) is 0 Å². The number of hydrogen-bond donors (Lipinski definition) is 1. The van der Waals surface area contributed by atoms with Crippen molar-refractivity contribution in [2.45, 2.75) is 13.8 Å². The summed E-state index contributed by atoms with van der Waals surface area (Å²) in [5.41, 5.74) is 6.83. The predicted molar refractivity (Wildman–Crippen MR) is 75.6 cm³/mol. The van der Waals surface area contributed by atoms with E-state index in [-0.39, 0.29) is 5.41 Å². The summed E-state index contributed by atoms with van der Waals surface area (Å²) in [6.45, 7) is 5.84. The zero-order valence-corrected chi connectivity index (χ0v) is 11.2. The van der Waals surface area contributed by atoms with Gasteiger partial charge in [0.15, 0.2) is 0 Å². The van der Waals surface area contributed by atoms with Crippen molar-refractivity contribution < 1.29 is 0 Å². The maximum Gasteiger partial charge on any atom is 0.139 e. The molecule has 1 aromatic heterocycles. The third-order valence-electron chi connectivity index (χ3n) is 3.10. The van der Waals surface area contributed by atoms with Gasteiger partial charge in [-0.15, -0.1) is 0 Å². The van der Waals surface area contributed by atoms with Crippen LogP contribution in [0.2, 0.25) is 0 Å². The number of aromatic nitrogens is 2. The van der Waals surface area contributed by atoms with E-state index in [4.69, 9.17) is 5.73 Å². The van der Waals surface area contributed by atoms with Crippen molar-refractivity contribution in [3.63, 3.8) is 0 Å². The summed E-state index contributed by atoms with van der Waals surface area (Å²) in [6.07, 6.45) is 1.61. The molecule has 0 fully saturated rings. The quantitative estimate of drug-likeness (QED) is 0.894. The van der Waals surface area contributed by atoms with Crippen LogP contribution in [0.1, 0.15) is 13.8 Å². The van der Waals surface area contributed by atoms with Gasteiger partial charge >= 0.3 is 0 Å². The van der Waals surface area contributed by atoms with Gasteiger partial charge in [-0.05, 0) is 24.1 Å². The number of anilines is 1. The van der Waals surface area contributed by atoms with E-state index in [9.17, 15) is 0 Å². The van der Waals surface area contributed by atoms with Gasteiger partial charge in [-0.1, -0.05) is 26.0 Å². The molecule has 18 heavy (non-hydrogen) atoms. The molecular formula is C14H20N4. The highest BCUT2D eigenvalue weighted by molar-refractivity contribution is 5.89. The van der Waals surface area contributed by atoms with E-state index < -0.39 is 0 Å². The highest BCUT2D eigenvalue weighted by Gasteiger charge is 2.20. The van der Waals surface area contributed by atoms with E-state index in [1.54, 1.807) is 6.33 Å². The molecule has 0 spiro atoms. The molecule has 1 heterocycles. The molecule has 0 bridgehead atoms. The van der Waals surface area contributed by atoms with Gasteiger partial charge < -0.3 is 10.6 Å². The average molecular weight is 244 g/mol. The zero-order valence-electron chi connectivity index (χ0n) is 11.2. The molecular weight excluding hydrogens is 224 g/mol. The summed E-state index contributed by atoms with van der Waals surface area (Å²) in [4.78, 5) is 10.8. The summed E-state index contributed by atoms with van der Waals surface area (Å²) in [5, 5.41) is 1.08. The van der Waals surface area contributed by atoms with Gasteiger partial charge in [-0.2, -0.15) is 0 Å². The molecule has 0 radical (unpaired) electrons. The highest BCUT2D eigenvalue weighted by Crippen LogP contribution is 2.24. The summed E-state index contributed by atoms with van der Waals surface area (Å²) < 4.78 is 0. The molecule has 0 saturated carbocycles. The zero-order chi connectivity index (χ0) is 13.2. The van der Waals surface area contributed by atoms with Crippen LogP contribution in [0.25, 0.3) is 10.9 Å².